The number of anilines is 1. The molecule has 1 heterocycles. The van der Waals surface area contributed by atoms with E-state index >= 15 is 0 Å². The maximum absolute atomic E-state index is 12.7. The maximum Gasteiger partial charge on any atom is 0.214 e. The first-order valence-corrected chi connectivity index (χ1v) is 4.58. The van der Waals surface area contributed by atoms with Crippen LogP contribution < -0.4 is 5.32 Å². The Hall–Kier alpha value is -1.12. The smallest absolute Gasteiger partial charge is 0.214 e. The molecule has 0 saturated heterocycles. The molecule has 1 aromatic rings. The molecule has 0 spiro atoms. The standard InChI is InChI=1S/C10H13FN2/c1-10(4-2-5-10)13-8-3-6-12-9(11)7-8/h3,6-7H,2,4-5H2,1H3,(H,12,13). The molecule has 0 amide bonds. The first-order chi connectivity index (χ1) is 6.18. The topological polar surface area (TPSA) is 24.9 Å². The second-order valence-electron chi connectivity index (χ2n) is 3.91. The molecule has 1 aliphatic rings. The summed E-state index contributed by atoms with van der Waals surface area (Å²) in [4.78, 5) is 3.51. The molecule has 70 valence electrons. The summed E-state index contributed by atoms with van der Waals surface area (Å²) < 4.78 is 12.7. The third-order valence-electron chi connectivity index (χ3n) is 2.63. The number of rotatable bonds is 2. The van der Waals surface area contributed by atoms with Crippen molar-refractivity contribution in [3.05, 3.63) is 24.3 Å². The third-order valence-corrected chi connectivity index (χ3v) is 2.63. The summed E-state index contributed by atoms with van der Waals surface area (Å²) >= 11 is 0. The molecule has 2 rings (SSSR count). The minimum atomic E-state index is -0.423. The predicted molar refractivity (Wildman–Crippen MR) is 50.1 cm³/mol. The van der Waals surface area contributed by atoms with Gasteiger partial charge in [-0.1, -0.05) is 0 Å². The summed E-state index contributed by atoms with van der Waals surface area (Å²) in [6, 6.07) is 3.23. The average Bonchev–Trinajstić information content (AvgIpc) is 2.01. The van der Waals surface area contributed by atoms with Crippen molar-refractivity contribution >= 4 is 5.69 Å². The van der Waals surface area contributed by atoms with E-state index in [2.05, 4.69) is 17.2 Å². The van der Waals surface area contributed by atoms with Gasteiger partial charge in [0, 0.05) is 23.5 Å². The Kier molecular flexibility index (Phi) is 1.94. The van der Waals surface area contributed by atoms with E-state index in [1.54, 1.807) is 6.07 Å². The van der Waals surface area contributed by atoms with Gasteiger partial charge in [0.1, 0.15) is 0 Å². The summed E-state index contributed by atoms with van der Waals surface area (Å²) in [5.41, 5.74) is 1.00. The van der Waals surface area contributed by atoms with Crippen molar-refractivity contribution in [2.45, 2.75) is 31.7 Å². The summed E-state index contributed by atoms with van der Waals surface area (Å²) in [7, 11) is 0. The molecule has 3 heteroatoms. The van der Waals surface area contributed by atoms with Crippen molar-refractivity contribution < 1.29 is 4.39 Å². The van der Waals surface area contributed by atoms with Gasteiger partial charge in [0.15, 0.2) is 0 Å². The normalized spacial score (nSPS) is 19.2. The number of halogens is 1. The number of pyridine rings is 1. The lowest BCUT2D eigenvalue weighted by atomic mass is 9.78. The van der Waals surface area contributed by atoms with Gasteiger partial charge in [-0.25, -0.2) is 4.98 Å². The van der Waals surface area contributed by atoms with Crippen LogP contribution in [0.2, 0.25) is 0 Å². The first kappa shape index (κ1) is 8.48. The van der Waals surface area contributed by atoms with Crippen LogP contribution in [-0.4, -0.2) is 10.5 Å². The first-order valence-electron chi connectivity index (χ1n) is 4.58. The monoisotopic (exact) mass is 180 g/mol. The molecule has 0 unspecified atom stereocenters. The SMILES string of the molecule is CC1(Nc2ccnc(F)c2)CCC1. The van der Waals surface area contributed by atoms with E-state index in [0.29, 0.717) is 0 Å². The van der Waals surface area contributed by atoms with Crippen molar-refractivity contribution in [3.63, 3.8) is 0 Å². The molecule has 0 aliphatic heterocycles. The minimum Gasteiger partial charge on any atom is -0.380 e. The lowest BCUT2D eigenvalue weighted by molar-refractivity contribution is 0.306. The molecule has 0 bridgehead atoms. The highest BCUT2D eigenvalue weighted by atomic mass is 19.1. The average molecular weight is 180 g/mol. The fraction of sp³-hybridized carbons (Fsp3) is 0.500. The van der Waals surface area contributed by atoms with Crippen LogP contribution in [0.3, 0.4) is 0 Å². The Morgan fingerprint density at radius 1 is 1.54 bits per heavy atom. The Labute approximate surface area is 77.2 Å². The molecular weight excluding hydrogens is 167 g/mol. The Balaban J connectivity index is 2.09. The lowest BCUT2D eigenvalue weighted by Crippen LogP contribution is -2.41. The number of hydrogen-bond acceptors (Lipinski definition) is 2. The van der Waals surface area contributed by atoms with Gasteiger partial charge >= 0.3 is 0 Å². The summed E-state index contributed by atoms with van der Waals surface area (Å²) in [5, 5.41) is 3.32. The molecule has 0 radical (unpaired) electrons. The quantitative estimate of drug-likeness (QED) is 0.707. The van der Waals surface area contributed by atoms with Gasteiger partial charge in [0.05, 0.1) is 0 Å². The highest BCUT2D eigenvalue weighted by molar-refractivity contribution is 5.44. The van der Waals surface area contributed by atoms with Crippen LogP contribution in [0.25, 0.3) is 0 Å². The van der Waals surface area contributed by atoms with Crippen LogP contribution in [0.15, 0.2) is 18.3 Å². The fourth-order valence-electron chi connectivity index (χ4n) is 1.66. The largest absolute Gasteiger partial charge is 0.380 e. The molecule has 1 aromatic heterocycles. The van der Waals surface area contributed by atoms with Crippen LogP contribution >= 0.6 is 0 Å². The molecule has 0 aromatic carbocycles. The Morgan fingerprint density at radius 3 is 2.85 bits per heavy atom. The third kappa shape index (κ3) is 1.79. The van der Waals surface area contributed by atoms with Gasteiger partial charge in [-0.05, 0) is 32.3 Å². The minimum absolute atomic E-state index is 0.174. The lowest BCUT2D eigenvalue weighted by Gasteiger charge is -2.40. The number of nitrogens with zero attached hydrogens (tertiary/aromatic N) is 1. The molecule has 13 heavy (non-hydrogen) atoms. The van der Waals surface area contributed by atoms with Crippen molar-refractivity contribution in [1.82, 2.24) is 4.98 Å². The van der Waals surface area contributed by atoms with E-state index in [0.717, 1.165) is 18.5 Å². The Bertz CT molecular complexity index is 308. The summed E-state index contributed by atoms with van der Waals surface area (Å²) in [5.74, 6) is -0.423. The summed E-state index contributed by atoms with van der Waals surface area (Å²) in [6.07, 6.45) is 5.07. The van der Waals surface area contributed by atoms with Crippen LogP contribution in [0.1, 0.15) is 26.2 Å². The molecule has 0 atom stereocenters. The summed E-state index contributed by atoms with van der Waals surface area (Å²) in [6.45, 7) is 2.16. The van der Waals surface area contributed by atoms with E-state index in [1.807, 2.05) is 0 Å². The second-order valence-corrected chi connectivity index (χ2v) is 3.91. The molecular formula is C10H13FN2. The van der Waals surface area contributed by atoms with E-state index in [1.165, 1.54) is 18.7 Å². The van der Waals surface area contributed by atoms with Crippen LogP contribution in [0.5, 0.6) is 0 Å². The van der Waals surface area contributed by atoms with Crippen molar-refractivity contribution in [2.75, 3.05) is 5.32 Å². The number of hydrogen-bond donors (Lipinski definition) is 1. The molecule has 1 aliphatic carbocycles. The maximum atomic E-state index is 12.7. The Morgan fingerprint density at radius 2 is 2.31 bits per heavy atom. The van der Waals surface area contributed by atoms with E-state index in [9.17, 15) is 4.39 Å². The van der Waals surface area contributed by atoms with Gasteiger partial charge in [-0.15, -0.1) is 0 Å². The van der Waals surface area contributed by atoms with Crippen molar-refractivity contribution in [3.8, 4) is 0 Å². The molecule has 2 nitrogen and oxygen atoms in total. The molecule has 1 fully saturated rings. The van der Waals surface area contributed by atoms with Crippen LogP contribution in [-0.2, 0) is 0 Å². The predicted octanol–water partition coefficient (Wildman–Crippen LogP) is 2.58. The zero-order valence-corrected chi connectivity index (χ0v) is 7.68. The van der Waals surface area contributed by atoms with Crippen LogP contribution in [0, 0.1) is 5.95 Å². The van der Waals surface area contributed by atoms with Crippen molar-refractivity contribution in [2.24, 2.45) is 0 Å². The fourth-order valence-corrected chi connectivity index (χ4v) is 1.66. The van der Waals surface area contributed by atoms with Gasteiger partial charge in [-0.2, -0.15) is 4.39 Å². The van der Waals surface area contributed by atoms with Gasteiger partial charge in [-0.3, -0.25) is 0 Å². The van der Waals surface area contributed by atoms with Gasteiger partial charge in [0.25, 0.3) is 0 Å². The molecule has 1 N–H and O–H groups in total. The highest BCUT2D eigenvalue weighted by Gasteiger charge is 2.31. The number of nitrogens with one attached hydrogen (secondary N) is 1. The molecule has 1 saturated carbocycles. The van der Waals surface area contributed by atoms with E-state index in [-0.39, 0.29) is 5.54 Å². The van der Waals surface area contributed by atoms with Crippen LogP contribution in [0.4, 0.5) is 10.1 Å². The number of aromatic nitrogens is 1. The highest BCUT2D eigenvalue weighted by Crippen LogP contribution is 2.34. The van der Waals surface area contributed by atoms with Crippen molar-refractivity contribution in [1.29, 1.82) is 0 Å². The zero-order valence-electron chi connectivity index (χ0n) is 7.68. The zero-order chi connectivity index (χ0) is 9.31. The van der Waals surface area contributed by atoms with E-state index < -0.39 is 5.95 Å². The van der Waals surface area contributed by atoms with E-state index in [4.69, 9.17) is 0 Å². The second kappa shape index (κ2) is 2.98. The van der Waals surface area contributed by atoms with Gasteiger partial charge < -0.3 is 5.32 Å². The van der Waals surface area contributed by atoms with Gasteiger partial charge in [0.2, 0.25) is 5.95 Å².